The van der Waals surface area contributed by atoms with Gasteiger partial charge in [0.1, 0.15) is 13.2 Å². The summed E-state index contributed by atoms with van der Waals surface area (Å²) in [5.74, 6) is -0.805. The number of rotatable bonds is 18. The summed E-state index contributed by atoms with van der Waals surface area (Å²) < 4.78 is 9.82. The zero-order valence-corrected chi connectivity index (χ0v) is 23.9. The molecule has 0 fully saturated rings. The Kier molecular flexibility index (Phi) is 16.1. The molecule has 0 saturated carbocycles. The molecule has 4 atom stereocenters. The van der Waals surface area contributed by atoms with Crippen molar-refractivity contribution in [3.8, 4) is 0 Å². The molecule has 0 heterocycles. The summed E-state index contributed by atoms with van der Waals surface area (Å²) in [6, 6.07) is 0. The van der Waals surface area contributed by atoms with Crippen molar-refractivity contribution in [3.63, 3.8) is 0 Å². The summed E-state index contributed by atoms with van der Waals surface area (Å²) in [4.78, 5) is 44.4. The quantitative estimate of drug-likeness (QED) is 0.0891. The average molecular weight is 549 g/mol. The molecule has 0 saturated heterocycles. The van der Waals surface area contributed by atoms with Gasteiger partial charge in [0.15, 0.2) is 0 Å². The van der Waals surface area contributed by atoms with Crippen LogP contribution in [0.15, 0.2) is 0 Å². The van der Waals surface area contributed by atoms with Gasteiger partial charge in [0.2, 0.25) is 0 Å². The Morgan fingerprint density at radius 3 is 1.33 bits per heavy atom. The van der Waals surface area contributed by atoms with E-state index in [-0.39, 0.29) is 49.8 Å². The van der Waals surface area contributed by atoms with Crippen molar-refractivity contribution in [2.24, 2.45) is 5.41 Å². The number of ether oxygens (including phenoxy) is 2. The molecule has 12 heteroatoms. The van der Waals surface area contributed by atoms with E-state index in [0.717, 1.165) is 0 Å². The number of carbonyl (C=O) groups is 2. The van der Waals surface area contributed by atoms with Crippen LogP contribution in [0.5, 0.6) is 0 Å². The van der Waals surface area contributed by atoms with E-state index in [2.05, 4.69) is 25.3 Å². The Morgan fingerprint density at radius 1 is 0.727 bits per heavy atom. The average Bonchev–Trinajstić information content (AvgIpc) is 2.66. The van der Waals surface area contributed by atoms with Gasteiger partial charge in [0.05, 0.1) is 40.3 Å². The van der Waals surface area contributed by atoms with E-state index in [4.69, 9.17) is 54.3 Å². The molecule has 0 aliphatic heterocycles. The van der Waals surface area contributed by atoms with Gasteiger partial charge >= 0.3 is 11.9 Å². The summed E-state index contributed by atoms with van der Waals surface area (Å²) in [6.07, 6.45) is 0.990. The zero-order chi connectivity index (χ0) is 25.7. The van der Waals surface area contributed by atoms with Gasteiger partial charge in [0.25, 0.3) is 0 Å². The van der Waals surface area contributed by atoms with Gasteiger partial charge in [-0.15, -0.1) is 0 Å². The molecular formula is C21H40O8S4. The van der Waals surface area contributed by atoms with Crippen LogP contribution in [0.1, 0.15) is 53.4 Å². The van der Waals surface area contributed by atoms with E-state index in [9.17, 15) is 9.59 Å². The molecule has 0 aromatic carbocycles. The molecule has 196 valence electrons. The second-order valence-corrected chi connectivity index (χ2v) is 13.1. The molecular weight excluding hydrogens is 508 g/mol. The number of hydrogen-bond acceptors (Lipinski definition) is 12. The number of esters is 2. The lowest BCUT2D eigenvalue weighted by atomic mass is 9.74. The van der Waals surface area contributed by atoms with Gasteiger partial charge < -0.3 is 9.47 Å². The minimum atomic E-state index is -0.855. The van der Waals surface area contributed by atoms with Crippen LogP contribution in [0.3, 0.4) is 0 Å². The molecule has 0 aromatic heterocycles. The van der Waals surface area contributed by atoms with Crippen LogP contribution in [0.25, 0.3) is 0 Å². The van der Waals surface area contributed by atoms with Gasteiger partial charge in [-0.3, -0.25) is 9.59 Å². The fourth-order valence-electron chi connectivity index (χ4n) is 3.47. The van der Waals surface area contributed by atoms with Gasteiger partial charge in [-0.25, -0.2) is 19.6 Å². The molecule has 0 spiro atoms. The Labute approximate surface area is 220 Å². The normalized spacial score (nSPS) is 19.0. The Balaban J connectivity index is 5.94. The predicted octanol–water partition coefficient (Wildman–Crippen LogP) is 3.79. The number of hydrogen-bond donors (Lipinski definition) is 4. The second-order valence-electron chi connectivity index (χ2n) is 9.13. The lowest BCUT2D eigenvalue weighted by Crippen LogP contribution is -2.46. The number of thiol groups is 4. The van der Waals surface area contributed by atoms with E-state index in [1.165, 1.54) is 14.2 Å². The summed E-state index contributed by atoms with van der Waals surface area (Å²) in [6.45, 7) is 7.58. The van der Waals surface area contributed by atoms with E-state index >= 15 is 0 Å². The third kappa shape index (κ3) is 16.5. The third-order valence-corrected chi connectivity index (χ3v) is 5.43. The molecule has 4 unspecified atom stereocenters. The Hall–Kier alpha value is 0.180. The molecule has 0 bridgehead atoms. The summed E-state index contributed by atoms with van der Waals surface area (Å²) in [5, 5.41) is -0.311. The van der Waals surface area contributed by atoms with Crippen molar-refractivity contribution in [3.05, 3.63) is 0 Å². The monoisotopic (exact) mass is 548 g/mol. The van der Waals surface area contributed by atoms with Crippen LogP contribution in [-0.4, -0.2) is 72.6 Å². The van der Waals surface area contributed by atoms with E-state index in [0.29, 0.717) is 12.8 Å². The SMILES string of the molecule is COOCC(C)(S)CC(COC(=O)CC(C)S)(COC(=O)CC(C)S)CC(C)(S)COOC. The minimum absolute atomic E-state index is 0.0255. The van der Waals surface area contributed by atoms with Crippen LogP contribution in [0, 0.1) is 5.41 Å². The van der Waals surface area contributed by atoms with Gasteiger partial charge in [-0.1, -0.05) is 13.8 Å². The van der Waals surface area contributed by atoms with Crippen LogP contribution < -0.4 is 0 Å². The molecule has 0 aromatic rings. The van der Waals surface area contributed by atoms with E-state index < -0.39 is 26.8 Å². The summed E-state index contributed by atoms with van der Waals surface area (Å²) >= 11 is 18.0. The maximum absolute atomic E-state index is 12.3. The van der Waals surface area contributed by atoms with Crippen LogP contribution in [0.4, 0.5) is 0 Å². The van der Waals surface area contributed by atoms with Crippen molar-refractivity contribution < 1.29 is 38.6 Å². The Bertz CT molecular complexity index is 535. The van der Waals surface area contributed by atoms with Gasteiger partial charge in [-0.05, 0) is 26.7 Å². The highest BCUT2D eigenvalue weighted by atomic mass is 32.1. The molecule has 33 heavy (non-hydrogen) atoms. The highest BCUT2D eigenvalue weighted by molar-refractivity contribution is 7.82. The first-order valence-electron chi connectivity index (χ1n) is 10.6. The smallest absolute Gasteiger partial charge is 0.306 e. The van der Waals surface area contributed by atoms with Crippen LogP contribution in [-0.2, 0) is 38.6 Å². The van der Waals surface area contributed by atoms with E-state index in [1.54, 1.807) is 13.8 Å². The fourth-order valence-corrected chi connectivity index (χ4v) is 4.54. The third-order valence-electron chi connectivity index (χ3n) is 4.49. The summed E-state index contributed by atoms with van der Waals surface area (Å²) in [5.41, 5.74) is -0.855. The standard InChI is InChI=1S/C21H40O8S4/c1-15(30)7-17(22)26-13-21(9-19(3,32)11-28-24-5,10-20(4,33)12-29-25-6)14-27-18(23)8-16(2)31/h15-16,30-33H,7-14H2,1-6H3. The number of carbonyl (C=O) groups excluding carboxylic acids is 2. The van der Waals surface area contributed by atoms with Crippen LogP contribution >= 0.6 is 50.5 Å². The maximum atomic E-state index is 12.3. The van der Waals surface area contributed by atoms with Crippen molar-refractivity contribution in [1.29, 1.82) is 0 Å². The second kappa shape index (κ2) is 16.0. The molecule has 0 aliphatic carbocycles. The highest BCUT2D eigenvalue weighted by Gasteiger charge is 2.44. The minimum Gasteiger partial charge on any atom is -0.465 e. The molecule has 0 radical (unpaired) electrons. The molecule has 0 amide bonds. The molecule has 0 N–H and O–H groups in total. The zero-order valence-electron chi connectivity index (χ0n) is 20.4. The molecule has 0 aliphatic rings. The maximum Gasteiger partial charge on any atom is 0.306 e. The highest BCUT2D eigenvalue weighted by Crippen LogP contribution is 2.42. The predicted molar refractivity (Wildman–Crippen MR) is 140 cm³/mol. The van der Waals surface area contributed by atoms with Crippen molar-refractivity contribution in [2.45, 2.75) is 73.4 Å². The van der Waals surface area contributed by atoms with Crippen LogP contribution in [0.2, 0.25) is 0 Å². The van der Waals surface area contributed by atoms with Crippen molar-refractivity contribution in [1.82, 2.24) is 0 Å². The topological polar surface area (TPSA) is 89.5 Å². The van der Waals surface area contributed by atoms with Crippen molar-refractivity contribution in [2.75, 3.05) is 40.6 Å². The summed E-state index contributed by atoms with van der Waals surface area (Å²) in [7, 11) is 2.82. The lowest BCUT2D eigenvalue weighted by Gasteiger charge is -2.42. The molecule has 0 rings (SSSR count). The first kappa shape index (κ1) is 33.2. The van der Waals surface area contributed by atoms with Gasteiger partial charge in [0, 0.05) is 25.4 Å². The molecule has 8 nitrogen and oxygen atoms in total. The first-order chi connectivity index (χ1) is 15.2. The fraction of sp³-hybridized carbons (Fsp3) is 0.905. The van der Waals surface area contributed by atoms with E-state index in [1.807, 2.05) is 13.8 Å². The van der Waals surface area contributed by atoms with Crippen molar-refractivity contribution >= 4 is 62.5 Å². The first-order valence-corrected chi connectivity index (χ1v) is 12.5. The largest absolute Gasteiger partial charge is 0.465 e. The van der Waals surface area contributed by atoms with Gasteiger partial charge in [-0.2, -0.15) is 50.5 Å². The lowest BCUT2D eigenvalue weighted by molar-refractivity contribution is -0.279. The Morgan fingerprint density at radius 2 is 1.06 bits per heavy atom.